The van der Waals surface area contributed by atoms with Gasteiger partial charge in [0, 0.05) is 12.6 Å². The first-order chi connectivity index (χ1) is 7.82. The van der Waals surface area contributed by atoms with Gasteiger partial charge >= 0.3 is 5.69 Å². The van der Waals surface area contributed by atoms with Crippen molar-refractivity contribution in [2.24, 2.45) is 7.05 Å². The third-order valence-corrected chi connectivity index (χ3v) is 2.95. The summed E-state index contributed by atoms with van der Waals surface area (Å²) in [6.45, 7) is 7.92. The molecule has 0 aliphatic carbocycles. The molecule has 0 amide bonds. The van der Waals surface area contributed by atoms with Crippen molar-refractivity contribution in [2.75, 3.05) is 5.32 Å². The van der Waals surface area contributed by atoms with Crippen LogP contribution in [0.15, 0.2) is 0 Å². The van der Waals surface area contributed by atoms with Gasteiger partial charge in [0.1, 0.15) is 5.69 Å². The molecule has 0 radical (unpaired) electrons. The monoisotopic (exact) mass is 240 g/mol. The highest BCUT2D eigenvalue weighted by Crippen LogP contribution is 2.31. The van der Waals surface area contributed by atoms with E-state index in [9.17, 15) is 10.1 Å². The van der Waals surface area contributed by atoms with Crippen molar-refractivity contribution < 1.29 is 4.92 Å². The Labute approximate surface area is 101 Å². The molecule has 0 bridgehead atoms. The summed E-state index contributed by atoms with van der Waals surface area (Å²) in [5, 5.41) is 18.5. The maximum absolute atomic E-state index is 11.1. The lowest BCUT2D eigenvalue weighted by atomic mass is 10.0. The number of anilines is 1. The van der Waals surface area contributed by atoms with E-state index in [4.69, 9.17) is 0 Å². The second-order valence-electron chi connectivity index (χ2n) is 4.74. The van der Waals surface area contributed by atoms with Crippen LogP contribution in [-0.2, 0) is 13.5 Å². The molecule has 0 fully saturated rings. The molecule has 0 atom stereocenters. The molecule has 0 aromatic carbocycles. The molecule has 0 unspecified atom stereocenters. The minimum absolute atomic E-state index is 0.0940. The van der Waals surface area contributed by atoms with Crippen LogP contribution in [0, 0.1) is 10.1 Å². The van der Waals surface area contributed by atoms with Gasteiger partial charge in [0.15, 0.2) is 0 Å². The van der Waals surface area contributed by atoms with Gasteiger partial charge in [0.05, 0.1) is 4.92 Å². The van der Waals surface area contributed by atoms with Crippen molar-refractivity contribution in [1.29, 1.82) is 0 Å². The van der Waals surface area contributed by atoms with Crippen molar-refractivity contribution in [3.05, 3.63) is 15.8 Å². The average Bonchev–Trinajstić information content (AvgIpc) is 2.55. The molecule has 0 spiro atoms. The van der Waals surface area contributed by atoms with Gasteiger partial charge in [-0.05, 0) is 26.7 Å². The summed E-state index contributed by atoms with van der Waals surface area (Å²) in [5.41, 5.74) is 0.423. The highest BCUT2D eigenvalue weighted by Gasteiger charge is 2.28. The number of aryl methyl sites for hydroxylation is 2. The molecule has 0 saturated carbocycles. The molecule has 96 valence electrons. The Morgan fingerprint density at radius 2 is 2.06 bits per heavy atom. The molecule has 1 heterocycles. The van der Waals surface area contributed by atoms with Crippen LogP contribution in [0.1, 0.15) is 39.8 Å². The topological polar surface area (TPSA) is 73.0 Å². The van der Waals surface area contributed by atoms with E-state index in [-0.39, 0.29) is 16.1 Å². The molecule has 1 rings (SSSR count). The van der Waals surface area contributed by atoms with E-state index in [1.54, 1.807) is 11.7 Å². The summed E-state index contributed by atoms with van der Waals surface area (Å²) >= 11 is 0. The maximum Gasteiger partial charge on any atom is 0.333 e. The van der Waals surface area contributed by atoms with Gasteiger partial charge in [-0.25, -0.2) is 4.68 Å². The fraction of sp³-hybridized carbons (Fsp3) is 0.727. The maximum atomic E-state index is 11.1. The van der Waals surface area contributed by atoms with Crippen molar-refractivity contribution in [2.45, 2.75) is 46.1 Å². The van der Waals surface area contributed by atoms with Crippen LogP contribution in [0.5, 0.6) is 0 Å². The molecular formula is C11H20N4O2. The molecule has 1 aromatic rings. The van der Waals surface area contributed by atoms with E-state index in [1.807, 2.05) is 27.7 Å². The lowest BCUT2D eigenvalue weighted by Crippen LogP contribution is -2.31. The quantitative estimate of drug-likeness (QED) is 0.634. The fourth-order valence-electron chi connectivity index (χ4n) is 1.55. The number of hydrogen-bond acceptors (Lipinski definition) is 4. The van der Waals surface area contributed by atoms with Gasteiger partial charge in [-0.2, -0.15) is 5.10 Å². The number of nitro groups is 1. The average molecular weight is 240 g/mol. The van der Waals surface area contributed by atoms with Crippen LogP contribution >= 0.6 is 0 Å². The summed E-state index contributed by atoms with van der Waals surface area (Å²) in [6.07, 6.45) is 1.43. The van der Waals surface area contributed by atoms with Crippen molar-refractivity contribution in [1.82, 2.24) is 9.78 Å². The molecular weight excluding hydrogens is 220 g/mol. The van der Waals surface area contributed by atoms with Gasteiger partial charge < -0.3 is 5.32 Å². The van der Waals surface area contributed by atoms with E-state index < -0.39 is 0 Å². The Morgan fingerprint density at radius 3 is 2.47 bits per heavy atom. The van der Waals surface area contributed by atoms with Crippen LogP contribution in [0.4, 0.5) is 11.5 Å². The molecule has 0 aliphatic rings. The van der Waals surface area contributed by atoms with E-state index in [1.165, 1.54) is 0 Å². The molecule has 6 nitrogen and oxygen atoms in total. The van der Waals surface area contributed by atoms with Crippen LogP contribution in [0.25, 0.3) is 0 Å². The van der Waals surface area contributed by atoms with E-state index >= 15 is 0 Å². The van der Waals surface area contributed by atoms with Crippen LogP contribution in [0.2, 0.25) is 0 Å². The van der Waals surface area contributed by atoms with Gasteiger partial charge in [0.2, 0.25) is 5.82 Å². The highest BCUT2D eigenvalue weighted by molar-refractivity contribution is 5.60. The Hall–Kier alpha value is -1.59. The third kappa shape index (κ3) is 2.75. The number of aromatic nitrogens is 2. The zero-order valence-electron chi connectivity index (χ0n) is 11.1. The summed E-state index contributed by atoms with van der Waals surface area (Å²) in [6, 6.07) is 0. The zero-order valence-corrected chi connectivity index (χ0v) is 11.1. The highest BCUT2D eigenvalue weighted by atomic mass is 16.6. The number of nitrogens with zero attached hydrogens (tertiary/aromatic N) is 3. The van der Waals surface area contributed by atoms with Crippen molar-refractivity contribution in [3.63, 3.8) is 0 Å². The standard InChI is InChI=1S/C11H20N4O2/c1-6-8-9(15(16)17)10(14(5)13-8)12-11(3,4)7-2/h12H,6-7H2,1-5H3. The summed E-state index contributed by atoms with van der Waals surface area (Å²) in [4.78, 5) is 10.7. The molecule has 0 aliphatic heterocycles. The molecule has 0 saturated heterocycles. The molecule has 1 N–H and O–H groups in total. The van der Waals surface area contributed by atoms with E-state index in [2.05, 4.69) is 10.4 Å². The van der Waals surface area contributed by atoms with Crippen molar-refractivity contribution in [3.8, 4) is 0 Å². The Kier molecular flexibility index (Phi) is 3.75. The first-order valence-corrected chi connectivity index (χ1v) is 5.80. The van der Waals surface area contributed by atoms with Gasteiger partial charge in [-0.15, -0.1) is 0 Å². The zero-order chi connectivity index (χ0) is 13.2. The Bertz CT molecular complexity index is 423. The largest absolute Gasteiger partial charge is 0.360 e. The van der Waals surface area contributed by atoms with Gasteiger partial charge in [-0.1, -0.05) is 13.8 Å². The molecule has 17 heavy (non-hydrogen) atoms. The second kappa shape index (κ2) is 4.73. The first-order valence-electron chi connectivity index (χ1n) is 5.80. The first kappa shape index (κ1) is 13.5. The van der Waals surface area contributed by atoms with E-state index in [0.717, 1.165) is 6.42 Å². The lowest BCUT2D eigenvalue weighted by Gasteiger charge is -2.25. The van der Waals surface area contributed by atoms with Gasteiger partial charge in [0.25, 0.3) is 0 Å². The SMILES string of the molecule is CCc1nn(C)c(NC(C)(C)CC)c1[N+](=O)[O-]. The fourth-order valence-corrected chi connectivity index (χ4v) is 1.55. The predicted molar refractivity (Wildman–Crippen MR) is 67.2 cm³/mol. The second-order valence-corrected chi connectivity index (χ2v) is 4.74. The molecule has 6 heteroatoms. The summed E-state index contributed by atoms with van der Waals surface area (Å²) < 4.78 is 1.55. The van der Waals surface area contributed by atoms with Crippen LogP contribution < -0.4 is 5.32 Å². The van der Waals surface area contributed by atoms with Crippen LogP contribution in [-0.4, -0.2) is 20.2 Å². The summed E-state index contributed by atoms with van der Waals surface area (Å²) in [7, 11) is 1.72. The number of nitrogens with one attached hydrogen (secondary N) is 1. The van der Waals surface area contributed by atoms with E-state index in [0.29, 0.717) is 17.9 Å². The minimum Gasteiger partial charge on any atom is -0.360 e. The minimum atomic E-state index is -0.361. The third-order valence-electron chi connectivity index (χ3n) is 2.95. The number of rotatable bonds is 5. The normalized spacial score (nSPS) is 11.6. The Balaban J connectivity index is 3.23. The number of hydrogen-bond donors (Lipinski definition) is 1. The summed E-state index contributed by atoms with van der Waals surface area (Å²) in [5.74, 6) is 0.485. The molecule has 1 aromatic heterocycles. The smallest absolute Gasteiger partial charge is 0.333 e. The Morgan fingerprint density at radius 1 is 1.47 bits per heavy atom. The lowest BCUT2D eigenvalue weighted by molar-refractivity contribution is -0.384. The van der Waals surface area contributed by atoms with Crippen LogP contribution in [0.3, 0.4) is 0 Å². The van der Waals surface area contributed by atoms with Gasteiger partial charge in [-0.3, -0.25) is 10.1 Å². The predicted octanol–water partition coefficient (Wildman–Crippen LogP) is 2.49. The van der Waals surface area contributed by atoms with Crippen molar-refractivity contribution >= 4 is 11.5 Å².